The maximum Gasteiger partial charge on any atom is 0.318 e. The van der Waals surface area contributed by atoms with Crippen LogP contribution in [0.3, 0.4) is 0 Å². The van der Waals surface area contributed by atoms with Gasteiger partial charge in [-0.2, -0.15) is 15.2 Å². The molecule has 242 valence electrons. The van der Waals surface area contributed by atoms with Crippen LogP contribution in [0.15, 0.2) is 42.7 Å². The number of benzene rings is 2. The van der Waals surface area contributed by atoms with E-state index in [4.69, 9.17) is 31.0 Å². The molecule has 1 amide bonds. The molecular weight excluding hydrogens is 616 g/mol. The highest BCUT2D eigenvalue weighted by molar-refractivity contribution is 6.36. The molecule has 4 heterocycles. The molecule has 13 heteroatoms. The smallest absolute Gasteiger partial charge is 0.318 e. The van der Waals surface area contributed by atoms with E-state index in [1.165, 1.54) is 11.0 Å². The molecule has 46 heavy (non-hydrogen) atoms. The Kier molecular flexibility index (Phi) is 9.01. The third-order valence-corrected chi connectivity index (χ3v) is 9.42. The molecule has 1 unspecified atom stereocenters. The average molecular weight is 652 g/mol. The SMILES string of the molecule is C=C(F)C(=O)N1CCN(c2nc(OCC3(COC)CN(C)C3)nc3c2CCN(c2cccc4ccc(F)c(Cl)c24)C3)CC1CC#N. The Morgan fingerprint density at radius 2 is 1.98 bits per heavy atom. The predicted molar refractivity (Wildman–Crippen MR) is 171 cm³/mol. The number of methoxy groups -OCH3 is 1. The zero-order valence-electron chi connectivity index (χ0n) is 25.9. The standard InChI is InChI=1S/C33H36ClF2N7O3/c1-21(35)31(44)43-14-13-42(15-23(43)9-11-37)30-24-10-12-41(27-6-4-5-22-7-8-25(36)29(34)28(22)27)16-26(24)38-32(39-30)46-20-33(19-45-3)17-40(2)18-33/h4-8,23H,1,9-10,12-20H2,2-3H3. The Labute approximate surface area is 271 Å². The highest BCUT2D eigenvalue weighted by Crippen LogP contribution is 2.39. The number of nitrogens with zero attached hydrogens (tertiary/aromatic N) is 7. The highest BCUT2D eigenvalue weighted by atomic mass is 35.5. The first kappa shape index (κ1) is 31.9. The summed E-state index contributed by atoms with van der Waals surface area (Å²) in [5.74, 6) is -1.66. The summed E-state index contributed by atoms with van der Waals surface area (Å²) >= 11 is 6.49. The molecule has 3 aromatic rings. The number of aromatic nitrogens is 2. The quantitative estimate of drug-likeness (QED) is 0.313. The van der Waals surface area contributed by atoms with E-state index >= 15 is 0 Å². The lowest BCUT2D eigenvalue weighted by molar-refractivity contribution is -0.131. The molecule has 0 radical (unpaired) electrons. The van der Waals surface area contributed by atoms with Crippen molar-refractivity contribution in [3.05, 3.63) is 64.8 Å². The third kappa shape index (κ3) is 6.07. The Balaban J connectivity index is 1.35. The van der Waals surface area contributed by atoms with Crippen molar-refractivity contribution in [3.8, 4) is 12.1 Å². The molecular formula is C33H36ClF2N7O3. The van der Waals surface area contributed by atoms with Crippen LogP contribution < -0.4 is 14.5 Å². The molecule has 0 aliphatic carbocycles. The number of anilines is 2. The number of amides is 1. The summed E-state index contributed by atoms with van der Waals surface area (Å²) < 4.78 is 40.2. The fraction of sp³-hybridized carbons (Fsp3) is 0.455. The summed E-state index contributed by atoms with van der Waals surface area (Å²) in [6.07, 6.45) is 0.613. The second-order valence-electron chi connectivity index (χ2n) is 12.4. The van der Waals surface area contributed by atoms with E-state index in [1.54, 1.807) is 13.2 Å². The van der Waals surface area contributed by atoms with E-state index in [0.717, 1.165) is 35.4 Å². The molecule has 6 rings (SSSR count). The highest BCUT2D eigenvalue weighted by Gasteiger charge is 2.42. The van der Waals surface area contributed by atoms with Crippen molar-refractivity contribution in [1.82, 2.24) is 19.8 Å². The predicted octanol–water partition coefficient (Wildman–Crippen LogP) is 4.36. The number of piperazine rings is 1. The van der Waals surface area contributed by atoms with Crippen LogP contribution in [0.1, 0.15) is 17.7 Å². The summed E-state index contributed by atoms with van der Waals surface area (Å²) in [5.41, 5.74) is 2.31. The van der Waals surface area contributed by atoms with Gasteiger partial charge in [0, 0.05) is 63.0 Å². The first-order chi connectivity index (χ1) is 22.1. The number of hydrogen-bond donors (Lipinski definition) is 0. The van der Waals surface area contributed by atoms with Crippen LogP contribution >= 0.6 is 11.6 Å². The van der Waals surface area contributed by atoms with Crippen molar-refractivity contribution in [2.24, 2.45) is 5.41 Å². The van der Waals surface area contributed by atoms with Crippen LogP contribution in [-0.2, 0) is 22.5 Å². The minimum atomic E-state index is -1.05. The van der Waals surface area contributed by atoms with Gasteiger partial charge < -0.3 is 29.1 Å². The lowest BCUT2D eigenvalue weighted by Gasteiger charge is -2.47. The molecule has 0 bridgehead atoms. The second-order valence-corrected chi connectivity index (χ2v) is 12.8. The molecule has 3 aliphatic rings. The van der Waals surface area contributed by atoms with Crippen LogP contribution in [0.2, 0.25) is 5.02 Å². The summed E-state index contributed by atoms with van der Waals surface area (Å²) in [6, 6.07) is 10.7. The number of halogens is 3. The van der Waals surface area contributed by atoms with Gasteiger partial charge in [-0.15, -0.1) is 0 Å². The van der Waals surface area contributed by atoms with Gasteiger partial charge in [0.2, 0.25) is 0 Å². The van der Waals surface area contributed by atoms with E-state index in [0.29, 0.717) is 50.5 Å². The molecule has 2 fully saturated rings. The van der Waals surface area contributed by atoms with Gasteiger partial charge in [-0.3, -0.25) is 4.79 Å². The van der Waals surface area contributed by atoms with Crippen molar-refractivity contribution in [2.45, 2.75) is 25.4 Å². The molecule has 2 aromatic carbocycles. The Bertz CT molecular complexity index is 1710. The Hall–Kier alpha value is -4.05. The van der Waals surface area contributed by atoms with E-state index in [2.05, 4.69) is 22.4 Å². The fourth-order valence-electron chi connectivity index (χ4n) is 7.07. The topological polar surface area (TPSA) is 98.1 Å². The first-order valence-corrected chi connectivity index (χ1v) is 15.6. The maximum atomic E-state index is 14.6. The fourth-order valence-corrected chi connectivity index (χ4v) is 7.34. The summed E-state index contributed by atoms with van der Waals surface area (Å²) in [6.45, 7) is 7.57. The number of fused-ring (bicyclic) bond motifs is 2. The second kappa shape index (κ2) is 13.0. The molecule has 0 saturated carbocycles. The first-order valence-electron chi connectivity index (χ1n) is 15.2. The van der Waals surface area contributed by atoms with Gasteiger partial charge in [0.25, 0.3) is 5.91 Å². The van der Waals surface area contributed by atoms with E-state index < -0.39 is 23.6 Å². The van der Waals surface area contributed by atoms with Crippen molar-refractivity contribution in [2.75, 3.05) is 76.4 Å². The van der Waals surface area contributed by atoms with Crippen LogP contribution in [-0.4, -0.2) is 98.4 Å². The maximum absolute atomic E-state index is 14.6. The van der Waals surface area contributed by atoms with Gasteiger partial charge >= 0.3 is 6.01 Å². The lowest BCUT2D eigenvalue weighted by Crippen LogP contribution is -2.59. The summed E-state index contributed by atoms with van der Waals surface area (Å²) in [5, 5.41) is 11.1. The van der Waals surface area contributed by atoms with Crippen LogP contribution in [0.25, 0.3) is 10.8 Å². The summed E-state index contributed by atoms with van der Waals surface area (Å²) in [4.78, 5) is 30.0. The molecule has 3 aliphatic heterocycles. The van der Waals surface area contributed by atoms with Crippen LogP contribution in [0.5, 0.6) is 6.01 Å². The normalized spacial score (nSPS) is 19.4. The number of nitriles is 1. The number of rotatable bonds is 9. The Morgan fingerprint density at radius 3 is 2.70 bits per heavy atom. The van der Waals surface area contributed by atoms with Gasteiger partial charge in [0.15, 0.2) is 5.83 Å². The van der Waals surface area contributed by atoms with Gasteiger partial charge in [-0.25, -0.2) is 8.78 Å². The minimum absolute atomic E-state index is 0.0331. The van der Waals surface area contributed by atoms with Gasteiger partial charge in [-0.1, -0.05) is 36.4 Å². The number of carbonyl (C=O) groups excluding carboxylic acids is 1. The molecule has 2 saturated heterocycles. The summed E-state index contributed by atoms with van der Waals surface area (Å²) in [7, 11) is 3.72. The largest absolute Gasteiger partial charge is 0.463 e. The van der Waals surface area contributed by atoms with Gasteiger partial charge in [-0.05, 0) is 31.0 Å². The number of hydrogen-bond acceptors (Lipinski definition) is 9. The lowest BCUT2D eigenvalue weighted by atomic mass is 9.82. The van der Waals surface area contributed by atoms with E-state index in [-0.39, 0.29) is 36.0 Å². The monoisotopic (exact) mass is 651 g/mol. The Morgan fingerprint density at radius 1 is 1.17 bits per heavy atom. The van der Waals surface area contributed by atoms with E-state index in [1.807, 2.05) is 30.1 Å². The van der Waals surface area contributed by atoms with Crippen molar-refractivity contribution >= 4 is 39.8 Å². The zero-order chi connectivity index (χ0) is 32.6. The molecule has 0 N–H and O–H groups in total. The van der Waals surface area contributed by atoms with E-state index in [9.17, 15) is 18.8 Å². The number of carbonyl (C=O) groups is 1. The molecule has 0 spiro atoms. The minimum Gasteiger partial charge on any atom is -0.463 e. The van der Waals surface area contributed by atoms with Gasteiger partial charge in [0.1, 0.15) is 18.2 Å². The van der Waals surface area contributed by atoms with Crippen molar-refractivity contribution in [1.29, 1.82) is 5.26 Å². The number of ether oxygens (including phenoxy) is 2. The van der Waals surface area contributed by atoms with Crippen LogP contribution in [0, 0.1) is 22.6 Å². The van der Waals surface area contributed by atoms with Crippen molar-refractivity contribution < 1.29 is 23.0 Å². The van der Waals surface area contributed by atoms with Gasteiger partial charge in [0.05, 0.1) is 47.8 Å². The third-order valence-electron chi connectivity index (χ3n) is 9.05. The molecule has 10 nitrogen and oxygen atoms in total. The van der Waals surface area contributed by atoms with Crippen LogP contribution in [0.4, 0.5) is 20.3 Å². The average Bonchev–Trinajstić information content (AvgIpc) is 3.03. The van der Waals surface area contributed by atoms with Crippen molar-refractivity contribution in [3.63, 3.8) is 0 Å². The molecule has 1 atom stereocenters. The number of likely N-dealkylation sites (tertiary alicyclic amines) is 1. The zero-order valence-corrected chi connectivity index (χ0v) is 26.7. The molecule has 1 aromatic heterocycles.